The first-order valence-electron chi connectivity index (χ1n) is 13.2. The number of amides is 2. The van der Waals surface area contributed by atoms with Crippen LogP contribution in [0.2, 0.25) is 0 Å². The van der Waals surface area contributed by atoms with E-state index < -0.39 is 39.3 Å². The van der Waals surface area contributed by atoms with Gasteiger partial charge in [-0.1, -0.05) is 43.2 Å². The van der Waals surface area contributed by atoms with E-state index in [4.69, 9.17) is 0 Å². The lowest BCUT2D eigenvalue weighted by atomic mass is 10.1. The Hall–Kier alpha value is -4.32. The molecule has 1 aliphatic rings. The van der Waals surface area contributed by atoms with Gasteiger partial charge in [-0.25, -0.2) is 12.8 Å². The molecule has 0 radical (unpaired) electrons. The lowest BCUT2D eigenvalue weighted by molar-refractivity contribution is -0.384. The first kappa shape index (κ1) is 29.7. The topological polar surface area (TPSA) is 130 Å². The van der Waals surface area contributed by atoms with Gasteiger partial charge in [-0.2, -0.15) is 0 Å². The number of nitrogens with zero attached hydrogens (tertiary/aromatic N) is 3. The fraction of sp³-hybridized carbons (Fsp3) is 0.310. The summed E-state index contributed by atoms with van der Waals surface area (Å²) in [6, 6.07) is 16.8. The summed E-state index contributed by atoms with van der Waals surface area (Å²) < 4.78 is 41.9. The average Bonchev–Trinajstić information content (AvgIpc) is 3.48. The van der Waals surface area contributed by atoms with Crippen LogP contribution in [-0.2, 0) is 26.2 Å². The van der Waals surface area contributed by atoms with Gasteiger partial charge in [0.05, 0.1) is 15.5 Å². The third-order valence-corrected chi connectivity index (χ3v) is 8.88. The van der Waals surface area contributed by atoms with Crippen molar-refractivity contribution < 1.29 is 27.3 Å². The van der Waals surface area contributed by atoms with Crippen molar-refractivity contribution in [3.63, 3.8) is 0 Å². The SMILES string of the molecule is C[C@H](C(=O)NC1CCCC1)N(Cc1ccc(F)cc1)C(=O)CN(c1ccc([N+](=O)[O-])cc1)S(=O)(=O)c1ccccc1. The maximum absolute atomic E-state index is 13.9. The molecule has 41 heavy (non-hydrogen) atoms. The molecule has 0 heterocycles. The van der Waals surface area contributed by atoms with Gasteiger partial charge in [0.15, 0.2) is 0 Å². The van der Waals surface area contributed by atoms with Gasteiger partial charge in [0, 0.05) is 24.7 Å². The number of nitrogens with one attached hydrogen (secondary N) is 1. The minimum absolute atomic E-state index is 0.00258. The number of carbonyl (C=O) groups excluding carboxylic acids is 2. The number of halogens is 1. The Bertz CT molecular complexity index is 1480. The molecule has 0 unspecified atom stereocenters. The van der Waals surface area contributed by atoms with Crippen LogP contribution in [0.3, 0.4) is 0 Å². The quantitative estimate of drug-likeness (QED) is 0.263. The molecule has 3 aromatic carbocycles. The monoisotopic (exact) mass is 582 g/mol. The molecular formula is C29H31FN4O6S. The molecule has 1 saturated carbocycles. The minimum atomic E-state index is -4.29. The van der Waals surface area contributed by atoms with Crippen molar-refractivity contribution in [3.8, 4) is 0 Å². The molecular weight excluding hydrogens is 551 g/mol. The van der Waals surface area contributed by atoms with Crippen molar-refractivity contribution in [2.75, 3.05) is 10.8 Å². The molecule has 0 bridgehead atoms. The second kappa shape index (κ2) is 12.9. The van der Waals surface area contributed by atoms with Crippen molar-refractivity contribution in [2.24, 2.45) is 0 Å². The third-order valence-electron chi connectivity index (χ3n) is 7.09. The number of non-ortho nitro benzene ring substituents is 1. The zero-order chi connectivity index (χ0) is 29.6. The normalized spacial score (nSPS) is 14.3. The fourth-order valence-electron chi connectivity index (χ4n) is 4.75. The maximum Gasteiger partial charge on any atom is 0.269 e. The summed E-state index contributed by atoms with van der Waals surface area (Å²) in [6.45, 7) is 0.808. The van der Waals surface area contributed by atoms with Crippen LogP contribution in [-0.4, -0.2) is 48.7 Å². The van der Waals surface area contributed by atoms with Crippen LogP contribution in [0.5, 0.6) is 0 Å². The number of nitro benzene ring substituents is 1. The number of hydrogen-bond acceptors (Lipinski definition) is 6. The summed E-state index contributed by atoms with van der Waals surface area (Å²) in [7, 11) is -4.29. The average molecular weight is 583 g/mol. The molecule has 0 saturated heterocycles. The highest BCUT2D eigenvalue weighted by Crippen LogP contribution is 2.27. The standard InChI is InChI=1S/C29H31FN4O6S/c1-21(29(36)31-24-7-5-6-8-24)32(19-22-11-13-23(30)14-12-22)28(35)20-33(25-15-17-26(18-16-25)34(37)38)41(39,40)27-9-3-2-4-10-27/h2-4,9-18,21,24H,5-8,19-20H2,1H3,(H,31,36)/t21-/m1/s1. The number of hydrogen-bond donors (Lipinski definition) is 1. The molecule has 1 aliphatic carbocycles. The van der Waals surface area contributed by atoms with Gasteiger partial charge >= 0.3 is 0 Å². The second-order valence-corrected chi connectivity index (χ2v) is 11.8. The van der Waals surface area contributed by atoms with Gasteiger partial charge in [-0.3, -0.25) is 24.0 Å². The van der Waals surface area contributed by atoms with Crippen LogP contribution >= 0.6 is 0 Å². The predicted molar refractivity (Wildman–Crippen MR) is 151 cm³/mol. The summed E-state index contributed by atoms with van der Waals surface area (Å²) in [6.07, 6.45) is 3.68. The fourth-order valence-corrected chi connectivity index (χ4v) is 6.19. The van der Waals surface area contributed by atoms with Crippen LogP contribution in [0.4, 0.5) is 15.8 Å². The first-order chi connectivity index (χ1) is 19.6. The van der Waals surface area contributed by atoms with E-state index in [0.29, 0.717) is 5.56 Å². The molecule has 12 heteroatoms. The minimum Gasteiger partial charge on any atom is -0.352 e. The van der Waals surface area contributed by atoms with Gasteiger partial charge in [-0.05, 0) is 61.7 Å². The number of sulfonamides is 1. The second-order valence-electron chi connectivity index (χ2n) is 9.91. The molecule has 1 fully saturated rings. The van der Waals surface area contributed by atoms with Gasteiger partial charge in [0.1, 0.15) is 18.4 Å². The molecule has 0 spiro atoms. The van der Waals surface area contributed by atoms with Crippen LogP contribution in [0, 0.1) is 15.9 Å². The Morgan fingerprint density at radius 2 is 1.61 bits per heavy atom. The summed E-state index contributed by atoms with van der Waals surface area (Å²) in [5.74, 6) is -1.52. The van der Waals surface area contributed by atoms with Gasteiger partial charge in [-0.15, -0.1) is 0 Å². The summed E-state index contributed by atoms with van der Waals surface area (Å²) in [5, 5.41) is 14.2. The van der Waals surface area contributed by atoms with Gasteiger partial charge < -0.3 is 10.2 Å². The number of carbonyl (C=O) groups is 2. The smallest absolute Gasteiger partial charge is 0.269 e. The lowest BCUT2D eigenvalue weighted by Gasteiger charge is -2.32. The van der Waals surface area contributed by atoms with Crippen LogP contribution in [0.1, 0.15) is 38.2 Å². The number of benzene rings is 3. The van der Waals surface area contributed by atoms with Crippen molar-refractivity contribution in [1.82, 2.24) is 10.2 Å². The lowest BCUT2D eigenvalue weighted by Crippen LogP contribution is -2.52. The Kier molecular flexibility index (Phi) is 9.33. The Balaban J connectivity index is 1.68. The molecule has 0 aromatic heterocycles. The molecule has 0 aliphatic heterocycles. The van der Waals surface area contributed by atoms with Crippen molar-refractivity contribution in [1.29, 1.82) is 0 Å². The van der Waals surface area contributed by atoms with Crippen molar-refractivity contribution >= 4 is 33.2 Å². The van der Waals surface area contributed by atoms with E-state index in [1.165, 1.54) is 53.4 Å². The molecule has 4 rings (SSSR count). The number of anilines is 1. The Morgan fingerprint density at radius 1 is 1.00 bits per heavy atom. The highest BCUT2D eigenvalue weighted by Gasteiger charge is 2.33. The van der Waals surface area contributed by atoms with E-state index in [9.17, 15) is 32.5 Å². The molecule has 1 N–H and O–H groups in total. The van der Waals surface area contributed by atoms with E-state index in [2.05, 4.69) is 5.32 Å². The highest BCUT2D eigenvalue weighted by molar-refractivity contribution is 7.92. The summed E-state index contributed by atoms with van der Waals surface area (Å²) >= 11 is 0. The molecule has 2 amide bonds. The van der Waals surface area contributed by atoms with Gasteiger partial charge in [0.25, 0.3) is 15.7 Å². The van der Waals surface area contributed by atoms with Crippen LogP contribution < -0.4 is 9.62 Å². The maximum atomic E-state index is 13.9. The van der Waals surface area contributed by atoms with E-state index in [-0.39, 0.29) is 34.8 Å². The number of rotatable bonds is 11. The highest BCUT2D eigenvalue weighted by atomic mass is 32.2. The third kappa shape index (κ3) is 7.26. The molecule has 1 atom stereocenters. The zero-order valence-electron chi connectivity index (χ0n) is 22.5. The van der Waals surface area contributed by atoms with E-state index in [0.717, 1.165) is 42.1 Å². The summed E-state index contributed by atoms with van der Waals surface area (Å²) in [5.41, 5.74) is 0.345. The predicted octanol–water partition coefficient (Wildman–Crippen LogP) is 4.41. The van der Waals surface area contributed by atoms with Crippen molar-refractivity contribution in [2.45, 2.75) is 56.1 Å². The van der Waals surface area contributed by atoms with Gasteiger partial charge in [0.2, 0.25) is 11.8 Å². The van der Waals surface area contributed by atoms with E-state index in [1.54, 1.807) is 25.1 Å². The van der Waals surface area contributed by atoms with E-state index in [1.807, 2.05) is 0 Å². The molecule has 216 valence electrons. The Morgan fingerprint density at radius 3 is 2.20 bits per heavy atom. The summed E-state index contributed by atoms with van der Waals surface area (Å²) in [4.78, 5) is 38.8. The first-order valence-corrected chi connectivity index (χ1v) is 14.7. The number of nitro groups is 1. The largest absolute Gasteiger partial charge is 0.352 e. The van der Waals surface area contributed by atoms with Crippen LogP contribution in [0.25, 0.3) is 0 Å². The Labute approximate surface area is 238 Å². The molecule has 10 nitrogen and oxygen atoms in total. The van der Waals surface area contributed by atoms with Crippen molar-refractivity contribution in [3.05, 3.63) is 100 Å². The molecule has 3 aromatic rings. The zero-order valence-corrected chi connectivity index (χ0v) is 23.3. The van der Waals surface area contributed by atoms with Crippen LogP contribution in [0.15, 0.2) is 83.8 Å². The van der Waals surface area contributed by atoms with E-state index >= 15 is 0 Å².